The number of Topliss-reactive ketones (excluding diaryl/α,β-unsaturated/α-hetero) is 3. The zero-order valence-corrected chi connectivity index (χ0v) is 15.9. The highest BCUT2D eigenvalue weighted by molar-refractivity contribution is 6.15. The number of ketones is 3. The van der Waals surface area contributed by atoms with Crippen LogP contribution in [0.2, 0.25) is 0 Å². The van der Waals surface area contributed by atoms with Gasteiger partial charge in [0.15, 0.2) is 0 Å². The predicted octanol–water partition coefficient (Wildman–Crippen LogP) is 2.15. The second-order valence-electron chi connectivity index (χ2n) is 7.73. The van der Waals surface area contributed by atoms with Gasteiger partial charge in [0.1, 0.15) is 0 Å². The van der Waals surface area contributed by atoms with Crippen LogP contribution in [0, 0.1) is 0 Å². The van der Waals surface area contributed by atoms with E-state index in [1.165, 1.54) is 48.5 Å². The van der Waals surface area contributed by atoms with Gasteiger partial charge in [-0.15, -0.1) is 0 Å². The molecular formula is C24H14O7. The van der Waals surface area contributed by atoms with E-state index >= 15 is 0 Å². The lowest BCUT2D eigenvalue weighted by Crippen LogP contribution is -2.64. The average Bonchev–Trinajstić information content (AvgIpc) is 2.80. The van der Waals surface area contributed by atoms with Crippen LogP contribution in [0.3, 0.4) is 0 Å². The van der Waals surface area contributed by atoms with E-state index in [2.05, 4.69) is 0 Å². The Bertz CT molecular complexity index is 1340. The Kier molecular flexibility index (Phi) is 3.30. The predicted molar refractivity (Wildman–Crippen MR) is 104 cm³/mol. The van der Waals surface area contributed by atoms with Crippen molar-refractivity contribution in [3.8, 4) is 0 Å². The third-order valence-electron chi connectivity index (χ3n) is 6.10. The topological polar surface area (TPSA) is 110 Å². The van der Waals surface area contributed by atoms with Crippen molar-refractivity contribution in [2.24, 2.45) is 0 Å². The maximum Gasteiger partial charge on any atom is 0.268 e. The van der Waals surface area contributed by atoms with Gasteiger partial charge in [-0.1, -0.05) is 72.8 Å². The van der Waals surface area contributed by atoms with Crippen molar-refractivity contribution >= 4 is 17.3 Å². The van der Waals surface area contributed by atoms with Crippen molar-refractivity contribution in [3.05, 3.63) is 106 Å². The molecule has 7 heteroatoms. The van der Waals surface area contributed by atoms with Crippen LogP contribution in [-0.4, -0.2) is 27.6 Å². The van der Waals surface area contributed by atoms with E-state index < -0.39 is 34.7 Å². The first-order chi connectivity index (χ1) is 14.8. The third-order valence-corrected chi connectivity index (χ3v) is 6.10. The smallest absolute Gasteiger partial charge is 0.268 e. The Labute approximate surface area is 175 Å². The second-order valence-corrected chi connectivity index (χ2v) is 7.73. The molecule has 3 aliphatic heterocycles. The minimum absolute atomic E-state index is 0.00418. The van der Waals surface area contributed by atoms with Crippen LogP contribution in [-0.2, 0) is 26.8 Å². The molecule has 6 rings (SSSR count). The first-order valence-electron chi connectivity index (χ1n) is 9.61. The van der Waals surface area contributed by atoms with Crippen LogP contribution < -0.4 is 0 Å². The van der Waals surface area contributed by atoms with Gasteiger partial charge in [0.2, 0.25) is 17.3 Å². The van der Waals surface area contributed by atoms with Crippen molar-refractivity contribution in [1.82, 2.24) is 0 Å². The van der Waals surface area contributed by atoms with E-state index in [9.17, 15) is 24.6 Å². The number of benzene rings is 3. The number of rotatable bonds is 0. The molecule has 7 nitrogen and oxygen atoms in total. The van der Waals surface area contributed by atoms with Gasteiger partial charge >= 0.3 is 0 Å². The molecule has 3 aromatic carbocycles. The van der Waals surface area contributed by atoms with E-state index in [1.54, 1.807) is 24.3 Å². The average molecular weight is 414 g/mol. The highest BCUT2D eigenvalue weighted by Gasteiger charge is 2.68. The van der Waals surface area contributed by atoms with Gasteiger partial charge in [0.25, 0.3) is 17.4 Å². The Morgan fingerprint density at radius 1 is 0.516 bits per heavy atom. The molecule has 0 fully saturated rings. The zero-order chi connectivity index (χ0) is 21.6. The maximum absolute atomic E-state index is 13.7. The van der Waals surface area contributed by atoms with Crippen LogP contribution >= 0.6 is 0 Å². The van der Waals surface area contributed by atoms with Crippen LogP contribution in [0.5, 0.6) is 0 Å². The van der Waals surface area contributed by atoms with Crippen molar-refractivity contribution < 1.29 is 34.1 Å². The van der Waals surface area contributed by atoms with Crippen molar-refractivity contribution in [2.75, 3.05) is 0 Å². The van der Waals surface area contributed by atoms with Gasteiger partial charge < -0.3 is 10.2 Å². The third kappa shape index (κ3) is 1.99. The molecule has 0 amide bonds. The molecule has 3 aliphatic rings. The molecule has 0 aliphatic carbocycles. The first kappa shape index (κ1) is 18.3. The van der Waals surface area contributed by atoms with E-state index in [0.29, 0.717) is 0 Å². The number of aliphatic hydroxyl groups is 2. The summed E-state index contributed by atoms with van der Waals surface area (Å²) in [4.78, 5) is 40.7. The summed E-state index contributed by atoms with van der Waals surface area (Å²) in [6.45, 7) is 0. The Morgan fingerprint density at radius 3 is 1.35 bits per heavy atom. The SMILES string of the molecule is O=C1c2ccccc2[C@@]2(O)O[C@]13O[C@](O)(C(=O)c1ccccc13)c1ccccc1C2=O. The van der Waals surface area contributed by atoms with Gasteiger partial charge in [0.05, 0.1) is 0 Å². The number of ether oxygens (including phenoxy) is 2. The van der Waals surface area contributed by atoms with Crippen LogP contribution in [0.25, 0.3) is 0 Å². The van der Waals surface area contributed by atoms with E-state index in [1.807, 2.05) is 0 Å². The summed E-state index contributed by atoms with van der Waals surface area (Å²) in [7, 11) is 0. The van der Waals surface area contributed by atoms with Gasteiger partial charge in [-0.25, -0.2) is 0 Å². The molecule has 1 spiro atoms. The fourth-order valence-electron chi connectivity index (χ4n) is 4.67. The van der Waals surface area contributed by atoms with Crippen LogP contribution in [0.1, 0.15) is 47.8 Å². The summed E-state index contributed by atoms with van der Waals surface area (Å²) in [5, 5.41) is 23.1. The lowest BCUT2D eigenvalue weighted by molar-refractivity contribution is -0.378. The number of hydrogen-bond acceptors (Lipinski definition) is 7. The van der Waals surface area contributed by atoms with Crippen molar-refractivity contribution in [1.29, 1.82) is 0 Å². The van der Waals surface area contributed by atoms with Crippen LogP contribution in [0.4, 0.5) is 0 Å². The highest BCUT2D eigenvalue weighted by Crippen LogP contribution is 2.55. The fraction of sp³-hybridized carbons (Fsp3) is 0.125. The summed E-state index contributed by atoms with van der Waals surface area (Å²) in [6, 6.07) is 17.8. The maximum atomic E-state index is 13.7. The number of hydrogen-bond donors (Lipinski definition) is 2. The summed E-state index contributed by atoms with van der Waals surface area (Å²) in [6.07, 6.45) is 0. The molecule has 3 heterocycles. The monoisotopic (exact) mass is 414 g/mol. The molecule has 0 aromatic heterocycles. The summed E-state index contributed by atoms with van der Waals surface area (Å²) >= 11 is 0. The van der Waals surface area contributed by atoms with Crippen molar-refractivity contribution in [3.63, 3.8) is 0 Å². The zero-order valence-electron chi connectivity index (χ0n) is 15.9. The molecule has 0 radical (unpaired) electrons. The number of fused-ring (bicyclic) bond motifs is 7. The second kappa shape index (κ2) is 5.60. The Hall–Kier alpha value is -3.49. The quantitative estimate of drug-likeness (QED) is 0.580. The lowest BCUT2D eigenvalue weighted by atomic mass is 9.75. The first-order valence-corrected chi connectivity index (χ1v) is 9.61. The van der Waals surface area contributed by atoms with Crippen LogP contribution in [0.15, 0.2) is 72.8 Å². The lowest BCUT2D eigenvalue weighted by Gasteiger charge is -2.51. The minimum Gasteiger partial charge on any atom is -0.356 e. The molecule has 3 atom stereocenters. The molecule has 0 saturated carbocycles. The Balaban J connectivity index is 1.82. The summed E-state index contributed by atoms with van der Waals surface area (Å²) in [5.41, 5.74) is -0.356. The number of carbonyl (C=O) groups is 3. The molecule has 3 aromatic rings. The minimum atomic E-state index is -2.68. The normalized spacial score (nSPS) is 30.6. The Morgan fingerprint density at radius 2 is 0.871 bits per heavy atom. The van der Waals surface area contributed by atoms with Gasteiger partial charge in [-0.3, -0.25) is 23.9 Å². The summed E-state index contributed by atoms with van der Waals surface area (Å²) in [5.74, 6) is -10.2. The molecule has 2 N–H and O–H groups in total. The molecular weight excluding hydrogens is 400 g/mol. The molecule has 152 valence electrons. The molecule has 0 saturated heterocycles. The van der Waals surface area contributed by atoms with E-state index in [4.69, 9.17) is 9.47 Å². The molecule has 3 bridgehead atoms. The molecule has 31 heavy (non-hydrogen) atoms. The van der Waals surface area contributed by atoms with E-state index in [0.717, 1.165) is 0 Å². The summed E-state index contributed by atoms with van der Waals surface area (Å²) < 4.78 is 11.7. The largest absolute Gasteiger partial charge is 0.356 e. The van der Waals surface area contributed by atoms with Crippen molar-refractivity contribution in [2.45, 2.75) is 17.4 Å². The number of carbonyl (C=O) groups excluding carboxylic acids is 3. The van der Waals surface area contributed by atoms with Gasteiger partial charge in [0, 0.05) is 33.4 Å². The highest BCUT2D eigenvalue weighted by atomic mass is 16.8. The standard InChI is InChI=1S/C24H14O7/c25-19-13-7-1-4-10-16(13)22(28)20(26)15-9-3-6-12-18(15)24(30-22)21(27)14-8-2-5-11-17(14)23(19,29)31-24/h1-12,28-29H/t22-,23+,24-/m0/s1. The van der Waals surface area contributed by atoms with Gasteiger partial charge in [-0.05, 0) is 0 Å². The fourth-order valence-corrected chi connectivity index (χ4v) is 4.67. The van der Waals surface area contributed by atoms with E-state index in [-0.39, 0.29) is 33.4 Å². The molecule has 0 unspecified atom stereocenters. The van der Waals surface area contributed by atoms with Gasteiger partial charge in [-0.2, -0.15) is 0 Å².